The van der Waals surface area contributed by atoms with E-state index < -0.39 is 17.9 Å². The molecule has 0 aliphatic carbocycles. The van der Waals surface area contributed by atoms with Crippen LogP contribution in [0.4, 0.5) is 0 Å². The lowest BCUT2D eigenvalue weighted by Crippen LogP contribution is -2.42. The van der Waals surface area contributed by atoms with Crippen molar-refractivity contribution in [3.63, 3.8) is 0 Å². The zero-order valence-electron chi connectivity index (χ0n) is 11.0. The molecule has 2 aromatic rings. The summed E-state index contributed by atoms with van der Waals surface area (Å²) in [6, 6.07) is 9.39. The maximum atomic E-state index is 12.0. The molecule has 0 aliphatic rings. The highest BCUT2D eigenvalue weighted by Crippen LogP contribution is 2.17. The second-order valence-corrected chi connectivity index (χ2v) is 5.25. The van der Waals surface area contributed by atoms with Crippen molar-refractivity contribution in [1.82, 2.24) is 10.3 Å². The van der Waals surface area contributed by atoms with Gasteiger partial charge in [0.15, 0.2) is 0 Å². The molecule has 21 heavy (non-hydrogen) atoms. The summed E-state index contributed by atoms with van der Waals surface area (Å²) < 4.78 is 0.814. The van der Waals surface area contributed by atoms with Gasteiger partial charge in [-0.05, 0) is 23.8 Å². The molecule has 0 saturated heterocycles. The van der Waals surface area contributed by atoms with Gasteiger partial charge in [0.05, 0.1) is 0 Å². The number of hydrogen-bond acceptors (Lipinski definition) is 3. The van der Waals surface area contributed by atoms with Gasteiger partial charge < -0.3 is 10.4 Å². The minimum Gasteiger partial charge on any atom is -0.480 e. The molecule has 1 aromatic heterocycles. The van der Waals surface area contributed by atoms with E-state index in [1.807, 2.05) is 24.3 Å². The molecule has 2 N–H and O–H groups in total. The van der Waals surface area contributed by atoms with E-state index in [0.717, 1.165) is 10.0 Å². The number of carboxylic acid groups (broad SMARTS) is 1. The lowest BCUT2D eigenvalue weighted by Gasteiger charge is -2.15. The molecule has 0 bridgehead atoms. The second-order valence-electron chi connectivity index (χ2n) is 4.40. The normalized spacial score (nSPS) is 11.7. The molecule has 2 rings (SSSR count). The Bertz CT molecular complexity index is 646. The number of nitrogens with zero attached hydrogens (tertiary/aromatic N) is 1. The molecular formula is C15H13BrN2O3. The van der Waals surface area contributed by atoms with E-state index in [1.54, 1.807) is 0 Å². The molecule has 1 amide bonds. The quantitative estimate of drug-likeness (QED) is 0.868. The number of carbonyl (C=O) groups excluding carboxylic acids is 1. The fourth-order valence-corrected chi connectivity index (χ4v) is 2.28. The van der Waals surface area contributed by atoms with Crippen LogP contribution in [-0.2, 0) is 11.2 Å². The third kappa shape index (κ3) is 4.13. The zero-order chi connectivity index (χ0) is 15.2. The molecule has 6 heteroatoms. The van der Waals surface area contributed by atoms with E-state index in [2.05, 4.69) is 26.2 Å². The topological polar surface area (TPSA) is 79.3 Å². The highest BCUT2D eigenvalue weighted by molar-refractivity contribution is 9.10. The third-order valence-electron chi connectivity index (χ3n) is 2.93. The van der Waals surface area contributed by atoms with E-state index in [-0.39, 0.29) is 6.42 Å². The molecule has 0 aliphatic heterocycles. The molecule has 0 unspecified atom stereocenters. The number of halogens is 1. The number of rotatable bonds is 5. The maximum Gasteiger partial charge on any atom is 0.326 e. The van der Waals surface area contributed by atoms with Crippen molar-refractivity contribution in [3.05, 3.63) is 64.4 Å². The first-order valence-corrected chi connectivity index (χ1v) is 7.04. The van der Waals surface area contributed by atoms with Gasteiger partial charge in [0.1, 0.15) is 6.04 Å². The van der Waals surface area contributed by atoms with Crippen molar-refractivity contribution in [1.29, 1.82) is 0 Å². The van der Waals surface area contributed by atoms with Crippen LogP contribution in [0.2, 0.25) is 0 Å². The van der Waals surface area contributed by atoms with Gasteiger partial charge in [-0.2, -0.15) is 0 Å². The predicted molar refractivity (Wildman–Crippen MR) is 81.0 cm³/mol. The Morgan fingerprint density at radius 2 is 1.86 bits per heavy atom. The molecule has 1 atom stereocenters. The van der Waals surface area contributed by atoms with Crippen molar-refractivity contribution in [2.75, 3.05) is 0 Å². The Morgan fingerprint density at radius 1 is 1.19 bits per heavy atom. The van der Waals surface area contributed by atoms with Gasteiger partial charge in [-0.25, -0.2) is 4.79 Å². The van der Waals surface area contributed by atoms with Crippen molar-refractivity contribution >= 4 is 27.8 Å². The summed E-state index contributed by atoms with van der Waals surface area (Å²) in [5.41, 5.74) is 1.20. The third-order valence-corrected chi connectivity index (χ3v) is 3.70. The fourth-order valence-electron chi connectivity index (χ4n) is 1.83. The number of nitrogens with one attached hydrogen (secondary N) is 1. The van der Waals surface area contributed by atoms with Gasteiger partial charge in [-0.15, -0.1) is 0 Å². The molecule has 1 aromatic carbocycles. The monoisotopic (exact) mass is 348 g/mol. The summed E-state index contributed by atoms with van der Waals surface area (Å²) in [7, 11) is 0. The summed E-state index contributed by atoms with van der Waals surface area (Å²) in [5, 5.41) is 11.8. The minimum atomic E-state index is -1.08. The number of carboxylic acids is 1. The molecule has 0 radical (unpaired) electrons. The van der Waals surface area contributed by atoms with Crippen LogP contribution in [0.15, 0.2) is 53.3 Å². The summed E-state index contributed by atoms with van der Waals surface area (Å²) in [6.45, 7) is 0. The van der Waals surface area contributed by atoms with Crippen molar-refractivity contribution in [3.8, 4) is 0 Å². The summed E-state index contributed by atoms with van der Waals surface area (Å²) in [6.07, 6.45) is 3.17. The summed E-state index contributed by atoms with van der Waals surface area (Å²) >= 11 is 3.37. The first-order valence-electron chi connectivity index (χ1n) is 6.25. The number of benzene rings is 1. The van der Waals surface area contributed by atoms with E-state index in [9.17, 15) is 14.7 Å². The number of pyridine rings is 1. The Hall–Kier alpha value is -2.21. The Morgan fingerprint density at radius 3 is 2.48 bits per heavy atom. The summed E-state index contributed by atoms with van der Waals surface area (Å²) in [4.78, 5) is 27.2. The van der Waals surface area contributed by atoms with Crippen LogP contribution in [-0.4, -0.2) is 28.0 Å². The first-order chi connectivity index (χ1) is 10.1. The molecule has 5 nitrogen and oxygen atoms in total. The van der Waals surface area contributed by atoms with E-state index in [1.165, 1.54) is 24.5 Å². The largest absolute Gasteiger partial charge is 0.480 e. The van der Waals surface area contributed by atoms with Crippen molar-refractivity contribution < 1.29 is 14.7 Å². The lowest BCUT2D eigenvalue weighted by molar-refractivity contribution is -0.139. The first kappa shape index (κ1) is 15.2. The van der Waals surface area contributed by atoms with Gasteiger partial charge in [0, 0.05) is 28.9 Å². The average molecular weight is 349 g/mol. The fraction of sp³-hybridized carbons (Fsp3) is 0.133. The van der Waals surface area contributed by atoms with Crippen LogP contribution in [0.3, 0.4) is 0 Å². The number of aromatic nitrogens is 1. The van der Waals surface area contributed by atoms with Crippen LogP contribution in [0.5, 0.6) is 0 Å². The van der Waals surface area contributed by atoms with E-state index in [4.69, 9.17) is 0 Å². The van der Waals surface area contributed by atoms with Crippen molar-refractivity contribution in [2.45, 2.75) is 12.5 Å². The molecule has 108 valence electrons. The van der Waals surface area contributed by atoms with Gasteiger partial charge in [-0.3, -0.25) is 9.78 Å². The molecule has 0 saturated carbocycles. The Kier molecular flexibility index (Phi) is 5.05. The SMILES string of the molecule is O=C(N[C@@H](Cc1ccccc1Br)C(=O)O)c1ccncc1. The predicted octanol–water partition coefficient (Wildman–Crippen LogP) is 2.27. The number of aliphatic carboxylic acids is 1. The Labute approximate surface area is 130 Å². The van der Waals surface area contributed by atoms with E-state index >= 15 is 0 Å². The Balaban J connectivity index is 2.12. The number of hydrogen-bond donors (Lipinski definition) is 2. The second kappa shape index (κ2) is 6.99. The molecule has 0 fully saturated rings. The van der Waals surface area contributed by atoms with Crippen LogP contribution in [0, 0.1) is 0 Å². The standard InChI is InChI=1S/C15H13BrN2O3/c16-12-4-2-1-3-11(12)9-13(15(20)21)18-14(19)10-5-7-17-8-6-10/h1-8,13H,9H2,(H,18,19)(H,20,21)/t13-/m0/s1. The van der Waals surface area contributed by atoms with Crippen LogP contribution in [0.25, 0.3) is 0 Å². The molecule has 0 spiro atoms. The van der Waals surface area contributed by atoms with Gasteiger partial charge in [0.2, 0.25) is 0 Å². The average Bonchev–Trinajstić information content (AvgIpc) is 2.49. The number of carbonyl (C=O) groups is 2. The van der Waals surface area contributed by atoms with Crippen LogP contribution < -0.4 is 5.32 Å². The number of amides is 1. The highest BCUT2D eigenvalue weighted by atomic mass is 79.9. The summed E-state index contributed by atoms with van der Waals surface area (Å²) in [5.74, 6) is -1.51. The minimum absolute atomic E-state index is 0.202. The van der Waals surface area contributed by atoms with E-state index in [0.29, 0.717) is 5.56 Å². The van der Waals surface area contributed by atoms with Gasteiger partial charge in [0.25, 0.3) is 5.91 Å². The lowest BCUT2D eigenvalue weighted by atomic mass is 10.1. The maximum absolute atomic E-state index is 12.0. The highest BCUT2D eigenvalue weighted by Gasteiger charge is 2.21. The van der Waals surface area contributed by atoms with Crippen molar-refractivity contribution in [2.24, 2.45) is 0 Å². The van der Waals surface area contributed by atoms with Gasteiger partial charge >= 0.3 is 5.97 Å². The zero-order valence-corrected chi connectivity index (χ0v) is 12.6. The molecular weight excluding hydrogens is 336 g/mol. The van der Waals surface area contributed by atoms with Crippen LogP contribution >= 0.6 is 15.9 Å². The van der Waals surface area contributed by atoms with Gasteiger partial charge in [-0.1, -0.05) is 34.1 Å². The molecule has 1 heterocycles. The van der Waals surface area contributed by atoms with Crippen LogP contribution in [0.1, 0.15) is 15.9 Å². The smallest absolute Gasteiger partial charge is 0.326 e.